The number of hydrogen-bond acceptors (Lipinski definition) is 6. The van der Waals surface area contributed by atoms with Gasteiger partial charge in [0.15, 0.2) is 5.65 Å². The fraction of sp³-hybridized carbons (Fsp3) is 0.265. The number of carbonyl (C=O) groups excluding carboxylic acids is 2. The second kappa shape index (κ2) is 13.0. The number of imidazole rings is 1. The zero-order chi connectivity index (χ0) is 30.6. The van der Waals surface area contributed by atoms with Crippen LogP contribution in [-0.4, -0.2) is 45.5 Å². The van der Waals surface area contributed by atoms with Crippen molar-refractivity contribution < 1.29 is 19.1 Å². The number of anilines is 1. The maximum Gasteiger partial charge on any atom is 0.270 e. The SMILES string of the molecule is CC[C@@H](CO)NC(=O)c1c(-c2ccsc2)nc2c(C(=O)NCc3ccc(N4CCCC4c4ccc(F)cc4)cc3)cccn12. The maximum atomic E-state index is 13.5. The van der Waals surface area contributed by atoms with Gasteiger partial charge >= 0.3 is 0 Å². The maximum absolute atomic E-state index is 13.5. The van der Waals surface area contributed by atoms with E-state index in [2.05, 4.69) is 27.7 Å². The minimum atomic E-state index is -0.388. The van der Waals surface area contributed by atoms with Gasteiger partial charge in [-0.1, -0.05) is 31.2 Å². The lowest BCUT2D eigenvalue weighted by Gasteiger charge is -2.27. The van der Waals surface area contributed by atoms with Crippen molar-refractivity contribution in [3.05, 3.63) is 112 Å². The van der Waals surface area contributed by atoms with Crippen molar-refractivity contribution in [3.63, 3.8) is 0 Å². The summed E-state index contributed by atoms with van der Waals surface area (Å²) in [6.07, 6.45) is 4.38. The first kappa shape index (κ1) is 29.5. The Bertz CT molecular complexity index is 1750. The third-order valence-electron chi connectivity index (χ3n) is 8.18. The summed E-state index contributed by atoms with van der Waals surface area (Å²) in [6, 6.07) is 20.0. The van der Waals surface area contributed by atoms with Crippen LogP contribution >= 0.6 is 11.3 Å². The molecule has 1 aliphatic heterocycles. The number of aliphatic hydroxyl groups is 1. The summed E-state index contributed by atoms with van der Waals surface area (Å²) in [5, 5.41) is 19.4. The highest BCUT2D eigenvalue weighted by atomic mass is 32.1. The van der Waals surface area contributed by atoms with Crippen LogP contribution in [0.1, 0.15) is 64.2 Å². The number of halogens is 1. The number of amides is 2. The average molecular weight is 612 g/mol. The molecule has 0 radical (unpaired) electrons. The molecule has 1 saturated heterocycles. The van der Waals surface area contributed by atoms with Crippen LogP contribution in [0.25, 0.3) is 16.9 Å². The summed E-state index contributed by atoms with van der Waals surface area (Å²) in [5.74, 6) is -0.895. The minimum Gasteiger partial charge on any atom is -0.394 e. The highest BCUT2D eigenvalue weighted by Gasteiger charge is 2.27. The Morgan fingerprint density at radius 3 is 2.59 bits per heavy atom. The molecule has 0 aliphatic carbocycles. The van der Waals surface area contributed by atoms with Crippen molar-refractivity contribution in [3.8, 4) is 11.3 Å². The third kappa shape index (κ3) is 5.95. The van der Waals surface area contributed by atoms with Crippen molar-refractivity contribution in [2.45, 2.75) is 44.8 Å². The number of nitrogens with one attached hydrogen (secondary N) is 2. The van der Waals surface area contributed by atoms with E-state index in [4.69, 9.17) is 4.98 Å². The first-order valence-electron chi connectivity index (χ1n) is 14.8. The van der Waals surface area contributed by atoms with Gasteiger partial charge in [-0.05, 0) is 78.2 Å². The quantitative estimate of drug-likeness (QED) is 0.181. The molecule has 0 bridgehead atoms. The summed E-state index contributed by atoms with van der Waals surface area (Å²) in [4.78, 5) is 33.9. The van der Waals surface area contributed by atoms with Gasteiger partial charge in [-0.25, -0.2) is 9.37 Å². The van der Waals surface area contributed by atoms with E-state index in [0.29, 0.717) is 35.6 Å². The van der Waals surface area contributed by atoms with Gasteiger partial charge in [-0.3, -0.25) is 14.0 Å². The van der Waals surface area contributed by atoms with Crippen LogP contribution < -0.4 is 15.5 Å². The van der Waals surface area contributed by atoms with Gasteiger partial charge in [-0.2, -0.15) is 11.3 Å². The molecule has 0 saturated carbocycles. The number of thiophene rings is 1. The van der Waals surface area contributed by atoms with Crippen LogP contribution in [0.2, 0.25) is 0 Å². The molecule has 3 aromatic heterocycles. The molecule has 2 aromatic carbocycles. The Labute approximate surface area is 259 Å². The first-order valence-corrected chi connectivity index (χ1v) is 15.8. The molecule has 2 amide bonds. The smallest absolute Gasteiger partial charge is 0.270 e. The summed E-state index contributed by atoms with van der Waals surface area (Å²) < 4.78 is 15.1. The second-order valence-electron chi connectivity index (χ2n) is 10.9. The molecule has 0 spiro atoms. The van der Waals surface area contributed by atoms with Crippen LogP contribution in [0.4, 0.5) is 10.1 Å². The van der Waals surface area contributed by atoms with Crippen LogP contribution in [-0.2, 0) is 6.54 Å². The fourth-order valence-electron chi connectivity index (χ4n) is 5.78. The molecule has 1 unspecified atom stereocenters. The number of aliphatic hydroxyl groups excluding tert-OH is 1. The van der Waals surface area contributed by atoms with Gasteiger partial charge in [0.05, 0.1) is 24.3 Å². The zero-order valence-electron chi connectivity index (χ0n) is 24.4. The van der Waals surface area contributed by atoms with E-state index in [1.807, 2.05) is 48.0 Å². The van der Waals surface area contributed by atoms with E-state index in [1.165, 1.54) is 23.5 Å². The summed E-state index contributed by atoms with van der Waals surface area (Å²) in [5.41, 5.74) is 5.46. The first-order chi connectivity index (χ1) is 21.5. The van der Waals surface area contributed by atoms with Crippen molar-refractivity contribution in [1.29, 1.82) is 0 Å². The Kier molecular flexibility index (Phi) is 8.72. The highest BCUT2D eigenvalue weighted by Crippen LogP contribution is 2.36. The van der Waals surface area contributed by atoms with Gasteiger partial charge in [0, 0.05) is 35.9 Å². The molecular formula is C34H34FN5O3S. The van der Waals surface area contributed by atoms with Crippen molar-refractivity contribution in [2.75, 3.05) is 18.1 Å². The molecule has 6 rings (SSSR count). The Morgan fingerprint density at radius 2 is 1.89 bits per heavy atom. The van der Waals surface area contributed by atoms with Crippen molar-refractivity contribution in [1.82, 2.24) is 20.0 Å². The van der Waals surface area contributed by atoms with Crippen molar-refractivity contribution in [2.24, 2.45) is 0 Å². The number of pyridine rings is 1. The van der Waals surface area contributed by atoms with Gasteiger partial charge in [0.25, 0.3) is 11.8 Å². The average Bonchev–Trinajstić information content (AvgIpc) is 3.83. The number of fused-ring (bicyclic) bond motifs is 1. The third-order valence-corrected chi connectivity index (χ3v) is 8.86. The predicted molar refractivity (Wildman–Crippen MR) is 170 cm³/mol. The second-order valence-corrected chi connectivity index (χ2v) is 11.7. The van der Waals surface area contributed by atoms with Gasteiger partial charge in [-0.15, -0.1) is 0 Å². The zero-order valence-corrected chi connectivity index (χ0v) is 25.2. The number of hydrogen-bond donors (Lipinski definition) is 3. The topological polar surface area (TPSA) is 99.0 Å². The lowest BCUT2D eigenvalue weighted by molar-refractivity contribution is 0.0907. The number of benzene rings is 2. The van der Waals surface area contributed by atoms with E-state index >= 15 is 0 Å². The molecule has 4 heterocycles. The highest BCUT2D eigenvalue weighted by molar-refractivity contribution is 7.08. The molecule has 226 valence electrons. The lowest BCUT2D eigenvalue weighted by Crippen LogP contribution is -2.37. The molecule has 1 fully saturated rings. The van der Waals surface area contributed by atoms with Gasteiger partial charge < -0.3 is 20.6 Å². The van der Waals surface area contributed by atoms with E-state index < -0.39 is 0 Å². The van der Waals surface area contributed by atoms with Crippen molar-refractivity contribution >= 4 is 34.5 Å². The van der Waals surface area contributed by atoms with Crippen LogP contribution in [0.15, 0.2) is 83.7 Å². The number of nitrogens with zero attached hydrogens (tertiary/aromatic N) is 3. The Balaban J connectivity index is 1.20. The minimum absolute atomic E-state index is 0.172. The molecule has 1 aliphatic rings. The van der Waals surface area contributed by atoms with Crippen LogP contribution in [0, 0.1) is 5.82 Å². The monoisotopic (exact) mass is 611 g/mol. The van der Waals surface area contributed by atoms with Gasteiger partial charge in [0.1, 0.15) is 17.2 Å². The Morgan fingerprint density at radius 1 is 1.09 bits per heavy atom. The molecule has 3 N–H and O–H groups in total. The standard InChI is InChI=1S/C34H34FN5O3S/c1-2-26(20-41)37-34(43)31-30(24-15-18-44-21-24)38-32-28(5-3-17-40(31)32)33(42)36-19-22-7-13-27(14-8-22)39-16-4-6-29(39)23-9-11-25(35)12-10-23/h3,5,7-15,17-18,21,26,29,41H,2,4,6,16,19-20H2,1H3,(H,36,42)(H,37,43)/t26-,29?/m0/s1. The van der Waals surface area contributed by atoms with Crippen LogP contribution in [0.3, 0.4) is 0 Å². The molecule has 5 aromatic rings. The van der Waals surface area contributed by atoms with E-state index in [1.54, 1.807) is 22.7 Å². The van der Waals surface area contributed by atoms with E-state index in [9.17, 15) is 19.1 Å². The van der Waals surface area contributed by atoms with E-state index in [-0.39, 0.29) is 36.3 Å². The summed E-state index contributed by atoms with van der Waals surface area (Å²) in [6.45, 7) is 2.97. The van der Waals surface area contributed by atoms with Crippen LogP contribution in [0.5, 0.6) is 0 Å². The molecular weight excluding hydrogens is 577 g/mol. The molecule has 10 heteroatoms. The Hall–Kier alpha value is -4.54. The fourth-order valence-corrected chi connectivity index (χ4v) is 6.42. The summed E-state index contributed by atoms with van der Waals surface area (Å²) in [7, 11) is 0. The molecule has 8 nitrogen and oxygen atoms in total. The predicted octanol–water partition coefficient (Wildman–Crippen LogP) is 5.97. The largest absolute Gasteiger partial charge is 0.394 e. The van der Waals surface area contributed by atoms with E-state index in [0.717, 1.165) is 41.8 Å². The molecule has 2 atom stereocenters. The normalized spacial score (nSPS) is 15.4. The number of aromatic nitrogens is 2. The number of rotatable bonds is 10. The number of carbonyl (C=O) groups is 2. The molecule has 44 heavy (non-hydrogen) atoms. The van der Waals surface area contributed by atoms with Gasteiger partial charge in [0.2, 0.25) is 0 Å². The summed E-state index contributed by atoms with van der Waals surface area (Å²) >= 11 is 1.50. The lowest BCUT2D eigenvalue weighted by atomic mass is 10.0.